The number of hydrogen-bond acceptors (Lipinski definition) is 8. The lowest BCUT2D eigenvalue weighted by molar-refractivity contribution is -0.133. The summed E-state index contributed by atoms with van der Waals surface area (Å²) in [6.45, 7) is 1.19. The maximum Gasteiger partial charge on any atom is 0.336 e. The van der Waals surface area contributed by atoms with Crippen LogP contribution in [0, 0.1) is 11.7 Å². The summed E-state index contributed by atoms with van der Waals surface area (Å²) >= 11 is 1.40. The molecule has 2 N–H and O–H groups in total. The number of anilines is 2. The van der Waals surface area contributed by atoms with Gasteiger partial charge < -0.3 is 29.5 Å². The summed E-state index contributed by atoms with van der Waals surface area (Å²) < 4.78 is 27.1. The van der Waals surface area contributed by atoms with Gasteiger partial charge in [-0.25, -0.2) is 14.2 Å². The molecule has 3 atom stereocenters. The highest BCUT2D eigenvalue weighted by Gasteiger charge is 2.58. The number of carboxylic acid groups (broad SMARTS) is 1. The first-order chi connectivity index (χ1) is 15.9. The third-order valence-corrected chi connectivity index (χ3v) is 7.65. The van der Waals surface area contributed by atoms with Gasteiger partial charge in [0.15, 0.2) is 17.2 Å². The van der Waals surface area contributed by atoms with Crippen molar-refractivity contribution in [3.8, 4) is 5.75 Å². The summed E-state index contributed by atoms with van der Waals surface area (Å²) in [6, 6.07) is 1.39. The molecule has 0 saturated carbocycles. The van der Waals surface area contributed by atoms with E-state index in [4.69, 9.17) is 9.47 Å². The van der Waals surface area contributed by atoms with Crippen molar-refractivity contribution in [3.63, 3.8) is 0 Å². The number of methoxy groups -OCH3 is 1. The number of ether oxygens (including phenoxy) is 2. The minimum atomic E-state index is -1.16. The summed E-state index contributed by atoms with van der Waals surface area (Å²) in [4.78, 5) is 19.9. The minimum Gasteiger partial charge on any atom is -0.492 e. The Hall–Kier alpha value is -2.95. The monoisotopic (exact) mass is 471 g/mol. The summed E-state index contributed by atoms with van der Waals surface area (Å²) in [6.07, 6.45) is 5.91. The second kappa shape index (κ2) is 7.28. The third kappa shape index (κ3) is 3.08. The quantitative estimate of drug-likeness (QED) is 0.620. The van der Waals surface area contributed by atoms with Crippen molar-refractivity contribution >= 4 is 28.7 Å². The predicted molar refractivity (Wildman–Crippen MR) is 119 cm³/mol. The van der Waals surface area contributed by atoms with Gasteiger partial charge in [-0.05, 0) is 12.5 Å². The van der Waals surface area contributed by atoms with Crippen molar-refractivity contribution in [2.45, 2.75) is 24.5 Å². The van der Waals surface area contributed by atoms with E-state index in [-0.39, 0.29) is 18.1 Å². The number of nitrogens with zero attached hydrogens (tertiary/aromatic N) is 3. The van der Waals surface area contributed by atoms with Gasteiger partial charge in [0.25, 0.3) is 0 Å². The largest absolute Gasteiger partial charge is 0.492 e. The molecule has 2 fully saturated rings. The standard InChI is InChI=1S/C23H22FN3O5S/c1-31-20-17-14(23(11-32-23)15(22(29)30)10-27(17)13-2-3-13)8-16(24)18(20)26-6-4-12(9-26)19(28)21-25-5-7-33-21/h2,5,7-8,10,12,19,28H,3-4,6,9,11H2,1H3,(H,29,30). The Kier molecular flexibility index (Phi) is 4.55. The molecule has 33 heavy (non-hydrogen) atoms. The van der Waals surface area contributed by atoms with Crippen LogP contribution in [0.4, 0.5) is 15.8 Å². The van der Waals surface area contributed by atoms with Crippen molar-refractivity contribution in [1.29, 1.82) is 0 Å². The van der Waals surface area contributed by atoms with Crippen LogP contribution in [0.25, 0.3) is 0 Å². The zero-order chi connectivity index (χ0) is 22.9. The van der Waals surface area contributed by atoms with Crippen LogP contribution in [0.2, 0.25) is 0 Å². The van der Waals surface area contributed by atoms with Crippen LogP contribution >= 0.6 is 11.3 Å². The number of aliphatic carboxylic acids is 1. The summed E-state index contributed by atoms with van der Waals surface area (Å²) in [5.41, 5.74) is 1.26. The van der Waals surface area contributed by atoms with E-state index in [9.17, 15) is 15.0 Å². The molecule has 2 saturated heterocycles. The summed E-state index contributed by atoms with van der Waals surface area (Å²) in [7, 11) is 1.49. The lowest BCUT2D eigenvalue weighted by atomic mass is 9.86. The topological polar surface area (TPSA) is 98.7 Å². The van der Waals surface area contributed by atoms with Crippen LogP contribution in [0.3, 0.4) is 0 Å². The average molecular weight is 472 g/mol. The van der Waals surface area contributed by atoms with Gasteiger partial charge in [-0.2, -0.15) is 0 Å². The first-order valence-electron chi connectivity index (χ1n) is 10.8. The fraction of sp³-hybridized carbons (Fsp3) is 0.391. The van der Waals surface area contributed by atoms with Gasteiger partial charge in [0.1, 0.15) is 16.8 Å². The Balaban J connectivity index is 1.42. The van der Waals surface area contributed by atoms with Crippen molar-refractivity contribution in [2.75, 3.05) is 36.6 Å². The molecule has 3 unspecified atom stereocenters. The number of aliphatic hydroxyl groups excluding tert-OH is 1. The fourth-order valence-corrected chi connectivity index (χ4v) is 5.71. The Labute approximate surface area is 193 Å². The molecule has 1 aliphatic carbocycles. The van der Waals surface area contributed by atoms with Crippen LogP contribution in [0.15, 0.2) is 41.2 Å². The van der Waals surface area contributed by atoms with Gasteiger partial charge in [-0.1, -0.05) is 6.08 Å². The first kappa shape index (κ1) is 20.6. The van der Waals surface area contributed by atoms with E-state index in [1.807, 2.05) is 16.4 Å². The minimum absolute atomic E-state index is 0.0878. The Bertz CT molecular complexity index is 1210. The van der Waals surface area contributed by atoms with E-state index in [2.05, 4.69) is 4.98 Å². The van der Waals surface area contributed by atoms with Crippen molar-refractivity contribution < 1.29 is 28.9 Å². The molecule has 0 bridgehead atoms. The number of carbonyl (C=O) groups is 1. The molecule has 6 rings (SSSR count). The number of epoxide rings is 1. The highest BCUT2D eigenvalue weighted by molar-refractivity contribution is 7.09. The number of benzene rings is 1. The Morgan fingerprint density at radius 2 is 2.24 bits per heavy atom. The van der Waals surface area contributed by atoms with Gasteiger partial charge in [0.05, 0.1) is 25.0 Å². The maximum absolute atomic E-state index is 15.7. The van der Waals surface area contributed by atoms with Gasteiger partial charge in [0, 0.05) is 54.5 Å². The van der Waals surface area contributed by atoms with Crippen molar-refractivity contribution in [3.05, 3.63) is 57.6 Å². The molecule has 1 aromatic carbocycles. The van der Waals surface area contributed by atoms with Crippen LogP contribution in [-0.4, -0.2) is 48.0 Å². The molecule has 1 spiro atoms. The SMILES string of the molecule is COc1c(N2CCC(C(O)c3nccs3)C2)c(F)cc2c1N(C1=CC1)C=C(C(=O)O)C21CO1. The summed E-state index contributed by atoms with van der Waals surface area (Å²) in [5, 5.41) is 23.0. The van der Waals surface area contributed by atoms with E-state index in [1.165, 1.54) is 24.5 Å². The van der Waals surface area contributed by atoms with E-state index in [0.717, 1.165) is 12.1 Å². The lowest BCUT2D eigenvalue weighted by Gasteiger charge is -2.34. The number of fused-ring (bicyclic) bond motifs is 2. The van der Waals surface area contributed by atoms with Crippen LogP contribution in [0.1, 0.15) is 29.5 Å². The number of rotatable bonds is 6. The van der Waals surface area contributed by atoms with Gasteiger partial charge in [0.2, 0.25) is 0 Å². The van der Waals surface area contributed by atoms with Crippen molar-refractivity contribution in [1.82, 2.24) is 4.98 Å². The molecule has 0 radical (unpaired) electrons. The van der Waals surface area contributed by atoms with Crippen LogP contribution in [0.5, 0.6) is 5.75 Å². The number of halogens is 1. The molecule has 172 valence electrons. The molecular formula is C23H22FN3O5S. The van der Waals surface area contributed by atoms with E-state index in [1.54, 1.807) is 17.3 Å². The highest BCUT2D eigenvalue weighted by atomic mass is 32.1. The lowest BCUT2D eigenvalue weighted by Crippen LogP contribution is -2.32. The zero-order valence-electron chi connectivity index (χ0n) is 17.8. The molecule has 10 heteroatoms. The van der Waals surface area contributed by atoms with Crippen LogP contribution < -0.4 is 14.5 Å². The van der Waals surface area contributed by atoms with Crippen LogP contribution in [-0.2, 0) is 15.1 Å². The number of carboxylic acids is 1. The zero-order valence-corrected chi connectivity index (χ0v) is 18.6. The number of thiazole rings is 1. The molecule has 4 heterocycles. The maximum atomic E-state index is 15.7. The van der Waals surface area contributed by atoms with E-state index < -0.39 is 23.5 Å². The molecule has 0 amide bonds. The van der Waals surface area contributed by atoms with Crippen molar-refractivity contribution in [2.24, 2.45) is 5.92 Å². The fourth-order valence-electron chi connectivity index (χ4n) is 4.99. The van der Waals surface area contributed by atoms with E-state index in [0.29, 0.717) is 47.2 Å². The first-order valence-corrected chi connectivity index (χ1v) is 11.6. The van der Waals surface area contributed by atoms with Gasteiger partial charge in [-0.15, -0.1) is 11.3 Å². The number of aliphatic hydroxyl groups is 1. The molecule has 8 nitrogen and oxygen atoms in total. The second-order valence-corrected chi connectivity index (χ2v) is 9.61. The van der Waals surface area contributed by atoms with Gasteiger partial charge in [-0.3, -0.25) is 0 Å². The highest BCUT2D eigenvalue weighted by Crippen LogP contribution is 2.59. The molecule has 4 aliphatic rings. The molecular weight excluding hydrogens is 449 g/mol. The second-order valence-electron chi connectivity index (χ2n) is 8.68. The number of allylic oxidation sites excluding steroid dienone is 2. The Morgan fingerprint density at radius 3 is 2.85 bits per heavy atom. The molecule has 1 aromatic heterocycles. The average Bonchev–Trinajstić information content (AvgIpc) is 3.68. The number of hydrogen-bond donors (Lipinski definition) is 2. The normalized spacial score (nSPS) is 26.1. The molecule has 3 aliphatic heterocycles. The Morgan fingerprint density at radius 1 is 1.45 bits per heavy atom. The number of aromatic nitrogens is 1. The predicted octanol–water partition coefficient (Wildman–Crippen LogP) is 3.15. The third-order valence-electron chi connectivity index (χ3n) is 6.81. The van der Waals surface area contributed by atoms with E-state index >= 15 is 4.39 Å². The molecule has 2 aromatic rings. The van der Waals surface area contributed by atoms with Gasteiger partial charge >= 0.3 is 5.97 Å². The smallest absolute Gasteiger partial charge is 0.336 e. The summed E-state index contributed by atoms with van der Waals surface area (Å²) in [5.74, 6) is -1.33.